The van der Waals surface area contributed by atoms with Crippen molar-refractivity contribution in [3.63, 3.8) is 0 Å². The van der Waals surface area contributed by atoms with Crippen LogP contribution < -0.4 is 21.0 Å². The van der Waals surface area contributed by atoms with Gasteiger partial charge in [-0.15, -0.1) is 0 Å². The SMILES string of the molecule is CC.COc1cnc(C(F)F)cc1-c1cc(-n2ccc3occc3c2=O)ncc1C(=O)NC1NN=C(C#CC2CC2)S1. The van der Waals surface area contributed by atoms with Crippen LogP contribution in [0.2, 0.25) is 0 Å². The largest absolute Gasteiger partial charge is 0.494 e. The van der Waals surface area contributed by atoms with Gasteiger partial charge in [0.1, 0.15) is 22.8 Å². The standard InChI is InChI=1S/C27H20F2N6O4S.C2H6/c1-38-21-13-30-19(24(28)29)10-17(21)16-11-22(35-8-6-20-15(26(35)37)7-9-39-20)31-12-18(16)25(36)32-27-34-33-23(40-27)5-4-14-2-3-14;1-2/h6-14,24,27,34H,2-3H2,1H3,(H,32,36);1-2H3. The third-order valence-electron chi connectivity index (χ3n) is 6.26. The lowest BCUT2D eigenvalue weighted by molar-refractivity contribution is 0.0946. The second-order valence-electron chi connectivity index (χ2n) is 8.95. The topological polar surface area (TPSA) is 124 Å². The Hall–Kier alpha value is -4.70. The van der Waals surface area contributed by atoms with Crippen molar-refractivity contribution in [3.05, 3.63) is 70.7 Å². The van der Waals surface area contributed by atoms with Gasteiger partial charge in [-0.05, 0) is 54.8 Å². The number of halogens is 2. The molecule has 0 radical (unpaired) electrons. The number of carbonyl (C=O) groups is 1. The van der Waals surface area contributed by atoms with E-state index in [1.807, 2.05) is 13.8 Å². The Bertz CT molecular complexity index is 1790. The zero-order valence-electron chi connectivity index (χ0n) is 22.9. The Kier molecular flexibility index (Phi) is 8.53. The van der Waals surface area contributed by atoms with Crippen LogP contribution in [0.1, 0.15) is 49.2 Å². The molecule has 2 N–H and O–H groups in total. The number of aromatic nitrogens is 3. The van der Waals surface area contributed by atoms with Crippen molar-refractivity contribution in [2.75, 3.05) is 7.11 Å². The van der Waals surface area contributed by atoms with E-state index in [9.17, 15) is 18.4 Å². The molecule has 4 aromatic heterocycles. The molecule has 4 aromatic rings. The van der Waals surface area contributed by atoms with Gasteiger partial charge in [0.2, 0.25) is 0 Å². The second kappa shape index (κ2) is 12.4. The number of nitrogens with zero attached hydrogens (tertiary/aromatic N) is 4. The molecule has 5 heterocycles. The molecule has 0 spiro atoms. The van der Waals surface area contributed by atoms with Gasteiger partial charge in [0.05, 0.1) is 30.5 Å². The van der Waals surface area contributed by atoms with E-state index >= 15 is 0 Å². The number of ether oxygens (including phenoxy) is 1. The molecule has 6 rings (SSSR count). The van der Waals surface area contributed by atoms with Crippen molar-refractivity contribution in [1.82, 2.24) is 25.3 Å². The molecule has 0 aromatic carbocycles. The summed E-state index contributed by atoms with van der Waals surface area (Å²) in [5.41, 5.74) is 2.17. The van der Waals surface area contributed by atoms with Gasteiger partial charge in [0.15, 0.2) is 10.5 Å². The van der Waals surface area contributed by atoms with Crippen LogP contribution in [0.3, 0.4) is 0 Å². The molecule has 13 heteroatoms. The number of thioether (sulfide) groups is 1. The summed E-state index contributed by atoms with van der Waals surface area (Å²) in [5, 5.41) is 7.85. The van der Waals surface area contributed by atoms with Crippen LogP contribution in [0, 0.1) is 17.8 Å². The molecule has 1 aliphatic carbocycles. The number of furan rings is 1. The third kappa shape index (κ3) is 5.99. The van der Waals surface area contributed by atoms with Crippen LogP contribution in [-0.2, 0) is 0 Å². The highest BCUT2D eigenvalue weighted by Gasteiger charge is 2.26. The van der Waals surface area contributed by atoms with E-state index in [-0.39, 0.29) is 28.3 Å². The average Bonchev–Trinajstić information content (AvgIpc) is 3.52. The number of alkyl halides is 2. The van der Waals surface area contributed by atoms with Crippen molar-refractivity contribution in [2.24, 2.45) is 11.0 Å². The minimum absolute atomic E-state index is 0.0609. The van der Waals surface area contributed by atoms with Crippen LogP contribution in [0.5, 0.6) is 5.75 Å². The Labute approximate surface area is 243 Å². The molecular weight excluding hydrogens is 566 g/mol. The molecule has 0 saturated heterocycles. The molecule has 10 nitrogen and oxygen atoms in total. The highest BCUT2D eigenvalue weighted by atomic mass is 32.2. The summed E-state index contributed by atoms with van der Waals surface area (Å²) in [4.78, 5) is 34.7. The number of rotatable bonds is 6. The highest BCUT2D eigenvalue weighted by Crippen LogP contribution is 2.35. The third-order valence-corrected chi connectivity index (χ3v) is 7.13. The first-order valence-electron chi connectivity index (χ1n) is 13.2. The van der Waals surface area contributed by atoms with E-state index in [2.05, 4.69) is 37.7 Å². The summed E-state index contributed by atoms with van der Waals surface area (Å²) < 4.78 is 39.2. The maximum Gasteiger partial charge on any atom is 0.280 e. The first kappa shape index (κ1) is 28.8. The highest BCUT2D eigenvalue weighted by molar-refractivity contribution is 8.15. The van der Waals surface area contributed by atoms with E-state index in [1.54, 1.807) is 6.07 Å². The van der Waals surface area contributed by atoms with Gasteiger partial charge in [-0.3, -0.25) is 24.6 Å². The first-order valence-corrected chi connectivity index (χ1v) is 14.0. The number of hydrogen-bond acceptors (Lipinski definition) is 9. The fraction of sp³-hybridized carbons (Fsp3) is 0.276. The van der Waals surface area contributed by atoms with E-state index in [1.165, 1.54) is 54.2 Å². The lowest BCUT2D eigenvalue weighted by Gasteiger charge is -2.17. The van der Waals surface area contributed by atoms with E-state index < -0.39 is 29.1 Å². The van der Waals surface area contributed by atoms with Crippen molar-refractivity contribution >= 4 is 33.7 Å². The number of carbonyl (C=O) groups excluding carboxylic acids is 1. The fourth-order valence-corrected chi connectivity index (χ4v) is 4.79. The van der Waals surface area contributed by atoms with Crippen molar-refractivity contribution in [3.8, 4) is 34.5 Å². The van der Waals surface area contributed by atoms with Gasteiger partial charge in [-0.2, -0.15) is 5.10 Å². The minimum Gasteiger partial charge on any atom is -0.494 e. The number of hydrazone groups is 1. The molecular formula is C29H26F2N6O4S. The fourth-order valence-electron chi connectivity index (χ4n) is 4.07. The Morgan fingerprint density at radius 1 is 1.21 bits per heavy atom. The van der Waals surface area contributed by atoms with Gasteiger partial charge >= 0.3 is 0 Å². The lowest BCUT2D eigenvalue weighted by Crippen LogP contribution is -2.39. The van der Waals surface area contributed by atoms with Crippen LogP contribution in [0.15, 0.2) is 63.4 Å². The molecule has 216 valence electrons. The summed E-state index contributed by atoms with van der Waals surface area (Å²) in [7, 11) is 1.36. The monoisotopic (exact) mass is 592 g/mol. The molecule has 1 aliphatic heterocycles. The molecule has 0 bridgehead atoms. The van der Waals surface area contributed by atoms with Gasteiger partial charge < -0.3 is 14.5 Å². The second-order valence-corrected chi connectivity index (χ2v) is 10.0. The van der Waals surface area contributed by atoms with Crippen LogP contribution in [-0.4, -0.2) is 38.1 Å². The smallest absolute Gasteiger partial charge is 0.280 e. The van der Waals surface area contributed by atoms with Gasteiger partial charge in [0, 0.05) is 29.4 Å². The van der Waals surface area contributed by atoms with E-state index in [4.69, 9.17) is 9.15 Å². The Morgan fingerprint density at radius 3 is 2.76 bits per heavy atom. The predicted octanol–water partition coefficient (Wildman–Crippen LogP) is 5.09. The maximum atomic E-state index is 13.6. The quantitative estimate of drug-likeness (QED) is 0.297. The molecule has 1 saturated carbocycles. The normalized spacial score (nSPS) is 15.7. The van der Waals surface area contributed by atoms with E-state index in [0.29, 0.717) is 21.9 Å². The number of hydrogen-bond donors (Lipinski definition) is 2. The minimum atomic E-state index is -2.86. The zero-order valence-corrected chi connectivity index (χ0v) is 23.7. The molecule has 1 unspecified atom stereocenters. The van der Waals surface area contributed by atoms with Crippen LogP contribution in [0.4, 0.5) is 8.78 Å². The van der Waals surface area contributed by atoms with Gasteiger partial charge in [-0.1, -0.05) is 19.8 Å². The predicted molar refractivity (Wildman–Crippen MR) is 156 cm³/mol. The van der Waals surface area contributed by atoms with Gasteiger partial charge in [0.25, 0.3) is 17.9 Å². The Balaban J connectivity index is 0.00000173. The number of nitrogens with one attached hydrogen (secondary N) is 2. The van der Waals surface area contributed by atoms with Crippen molar-refractivity contribution < 1.29 is 22.7 Å². The number of methoxy groups -OCH3 is 1. The maximum absolute atomic E-state index is 13.6. The molecule has 2 aliphatic rings. The average molecular weight is 593 g/mol. The molecule has 42 heavy (non-hydrogen) atoms. The first-order chi connectivity index (χ1) is 20.4. The van der Waals surface area contributed by atoms with Gasteiger partial charge in [-0.25, -0.2) is 13.8 Å². The summed E-state index contributed by atoms with van der Waals surface area (Å²) in [5.74, 6) is 6.28. The lowest BCUT2D eigenvalue weighted by atomic mass is 10.00. The number of pyridine rings is 3. The molecule has 1 fully saturated rings. The summed E-state index contributed by atoms with van der Waals surface area (Å²) in [6, 6.07) is 5.76. The van der Waals surface area contributed by atoms with E-state index in [0.717, 1.165) is 25.1 Å². The summed E-state index contributed by atoms with van der Waals surface area (Å²) >= 11 is 1.25. The van der Waals surface area contributed by atoms with Crippen LogP contribution >= 0.6 is 11.8 Å². The van der Waals surface area contributed by atoms with Crippen molar-refractivity contribution in [1.29, 1.82) is 0 Å². The molecule has 1 amide bonds. The number of amides is 1. The Morgan fingerprint density at radius 2 is 2.02 bits per heavy atom. The number of fused-ring (bicyclic) bond motifs is 1. The summed E-state index contributed by atoms with van der Waals surface area (Å²) in [6.07, 6.45) is 4.63. The summed E-state index contributed by atoms with van der Waals surface area (Å²) in [6.45, 7) is 4.00. The zero-order chi connectivity index (χ0) is 29.8. The van der Waals surface area contributed by atoms with Crippen molar-refractivity contribution in [2.45, 2.75) is 38.6 Å². The molecule has 1 atom stereocenters. The van der Waals surface area contributed by atoms with Crippen LogP contribution in [0.25, 0.3) is 27.9 Å².